The average Bonchev–Trinajstić information content (AvgIpc) is 2.56. The Balaban J connectivity index is 1.62. The Morgan fingerprint density at radius 3 is 2.57 bits per heavy atom. The van der Waals surface area contributed by atoms with Crippen LogP contribution in [0.3, 0.4) is 0 Å². The molecule has 1 fully saturated rings. The molecule has 0 aliphatic carbocycles. The van der Waals surface area contributed by atoms with E-state index in [4.69, 9.17) is 0 Å². The van der Waals surface area contributed by atoms with E-state index < -0.39 is 0 Å². The number of hydrogen-bond acceptors (Lipinski definition) is 4. The van der Waals surface area contributed by atoms with Gasteiger partial charge in [0.15, 0.2) is 5.78 Å². The number of pyridine rings is 1. The average molecular weight is 313 g/mol. The van der Waals surface area contributed by atoms with Crippen LogP contribution in [-0.4, -0.2) is 41.8 Å². The lowest BCUT2D eigenvalue weighted by atomic mass is 10.1. The zero-order valence-corrected chi connectivity index (χ0v) is 13.2. The van der Waals surface area contributed by atoms with Gasteiger partial charge in [0.05, 0.1) is 11.4 Å². The minimum absolute atomic E-state index is 0.115. The maximum absolute atomic E-state index is 14.2. The number of benzene rings is 1. The molecule has 2 aromatic rings. The van der Waals surface area contributed by atoms with Crippen LogP contribution in [0.4, 0.5) is 10.1 Å². The summed E-state index contributed by atoms with van der Waals surface area (Å²) < 4.78 is 14.2. The van der Waals surface area contributed by atoms with E-state index in [0.717, 1.165) is 38.4 Å². The molecule has 1 saturated heterocycles. The van der Waals surface area contributed by atoms with E-state index in [9.17, 15) is 9.18 Å². The van der Waals surface area contributed by atoms with E-state index in [2.05, 4.69) is 9.88 Å². The molecule has 0 atom stereocenters. The van der Waals surface area contributed by atoms with Crippen LogP contribution in [-0.2, 0) is 6.54 Å². The lowest BCUT2D eigenvalue weighted by Gasteiger charge is -2.36. The Bertz CT molecular complexity index is 682. The molecule has 0 bridgehead atoms. The summed E-state index contributed by atoms with van der Waals surface area (Å²) in [6.45, 7) is 5.53. The number of anilines is 1. The number of hydrogen-bond donors (Lipinski definition) is 0. The molecule has 1 aromatic carbocycles. The monoisotopic (exact) mass is 313 g/mol. The standard InChI is InChI=1S/C18H20FN3O/c1-14(23)15-5-6-18(17(19)12-15)22-10-8-21(9-11-22)13-16-4-2-3-7-20-16/h2-7,12H,8-11,13H2,1H3. The summed E-state index contributed by atoms with van der Waals surface area (Å²) in [5.41, 5.74) is 2.05. The lowest BCUT2D eigenvalue weighted by molar-refractivity contribution is 0.101. The summed E-state index contributed by atoms with van der Waals surface area (Å²) in [6, 6.07) is 10.7. The summed E-state index contributed by atoms with van der Waals surface area (Å²) in [4.78, 5) is 20.0. The van der Waals surface area contributed by atoms with Gasteiger partial charge in [-0.1, -0.05) is 6.07 Å². The smallest absolute Gasteiger partial charge is 0.159 e. The molecule has 2 heterocycles. The van der Waals surface area contributed by atoms with Crippen LogP contribution in [0.1, 0.15) is 23.0 Å². The third-order valence-corrected chi connectivity index (χ3v) is 4.18. The molecule has 1 aliphatic heterocycles. The number of carbonyl (C=O) groups is 1. The highest BCUT2D eigenvalue weighted by Gasteiger charge is 2.20. The number of rotatable bonds is 4. The molecule has 0 N–H and O–H groups in total. The van der Waals surface area contributed by atoms with Crippen molar-refractivity contribution in [1.82, 2.24) is 9.88 Å². The number of Topliss-reactive ketones (excluding diaryl/α,β-unsaturated/α-hetero) is 1. The van der Waals surface area contributed by atoms with Gasteiger partial charge in [-0.25, -0.2) is 4.39 Å². The van der Waals surface area contributed by atoms with E-state index >= 15 is 0 Å². The second-order valence-corrected chi connectivity index (χ2v) is 5.81. The molecule has 3 rings (SSSR count). The van der Waals surface area contributed by atoms with Crippen molar-refractivity contribution < 1.29 is 9.18 Å². The van der Waals surface area contributed by atoms with Crippen LogP contribution < -0.4 is 4.90 Å². The van der Waals surface area contributed by atoms with Gasteiger partial charge in [-0.3, -0.25) is 14.7 Å². The summed E-state index contributed by atoms with van der Waals surface area (Å²) in [7, 11) is 0. The number of carbonyl (C=O) groups excluding carboxylic acids is 1. The van der Waals surface area contributed by atoms with Gasteiger partial charge in [-0.15, -0.1) is 0 Å². The Hall–Kier alpha value is -2.27. The van der Waals surface area contributed by atoms with Crippen molar-refractivity contribution in [2.45, 2.75) is 13.5 Å². The van der Waals surface area contributed by atoms with Gasteiger partial charge in [0.1, 0.15) is 5.82 Å². The van der Waals surface area contributed by atoms with Gasteiger partial charge in [-0.2, -0.15) is 0 Å². The molecule has 23 heavy (non-hydrogen) atoms. The predicted molar refractivity (Wildman–Crippen MR) is 88.1 cm³/mol. The first-order valence-corrected chi connectivity index (χ1v) is 7.81. The fraction of sp³-hybridized carbons (Fsp3) is 0.333. The molecule has 4 nitrogen and oxygen atoms in total. The number of piperazine rings is 1. The maximum Gasteiger partial charge on any atom is 0.159 e. The van der Waals surface area contributed by atoms with Crippen LogP contribution in [0, 0.1) is 5.82 Å². The topological polar surface area (TPSA) is 36.4 Å². The Morgan fingerprint density at radius 2 is 1.96 bits per heavy atom. The van der Waals surface area contributed by atoms with Crippen LogP contribution in [0.15, 0.2) is 42.6 Å². The number of nitrogens with zero attached hydrogens (tertiary/aromatic N) is 3. The molecule has 120 valence electrons. The number of ketones is 1. The first-order chi connectivity index (χ1) is 11.1. The number of aromatic nitrogens is 1. The van der Waals surface area contributed by atoms with Gasteiger partial charge >= 0.3 is 0 Å². The number of halogens is 1. The van der Waals surface area contributed by atoms with E-state index in [0.29, 0.717) is 11.3 Å². The molecule has 0 amide bonds. The van der Waals surface area contributed by atoms with Crippen molar-refractivity contribution in [3.63, 3.8) is 0 Å². The molecule has 0 radical (unpaired) electrons. The van der Waals surface area contributed by atoms with Gasteiger partial charge < -0.3 is 4.90 Å². The van der Waals surface area contributed by atoms with E-state index in [1.54, 1.807) is 18.3 Å². The van der Waals surface area contributed by atoms with Crippen molar-refractivity contribution >= 4 is 11.5 Å². The molecule has 1 aliphatic rings. The molecular formula is C18H20FN3O. The molecule has 5 heteroatoms. The third-order valence-electron chi connectivity index (χ3n) is 4.18. The molecule has 0 unspecified atom stereocenters. The molecule has 0 spiro atoms. The largest absolute Gasteiger partial charge is 0.367 e. The quantitative estimate of drug-likeness (QED) is 0.813. The molecule has 1 aromatic heterocycles. The van der Waals surface area contributed by atoms with Gasteiger partial charge in [0, 0.05) is 44.5 Å². The summed E-state index contributed by atoms with van der Waals surface area (Å²) in [6.07, 6.45) is 1.80. The zero-order chi connectivity index (χ0) is 16.2. The highest BCUT2D eigenvalue weighted by Crippen LogP contribution is 2.22. The summed E-state index contributed by atoms with van der Waals surface area (Å²) >= 11 is 0. The second kappa shape index (κ2) is 6.87. The van der Waals surface area contributed by atoms with Crippen molar-refractivity contribution in [2.75, 3.05) is 31.1 Å². The SMILES string of the molecule is CC(=O)c1ccc(N2CCN(Cc3ccccn3)CC2)c(F)c1. The second-order valence-electron chi connectivity index (χ2n) is 5.81. The third kappa shape index (κ3) is 3.74. The van der Waals surface area contributed by atoms with Crippen LogP contribution >= 0.6 is 0 Å². The Morgan fingerprint density at radius 1 is 1.17 bits per heavy atom. The summed E-state index contributed by atoms with van der Waals surface area (Å²) in [5, 5.41) is 0. The first kappa shape index (κ1) is 15.6. The Labute approximate surface area is 135 Å². The molecular weight excluding hydrogens is 293 g/mol. The first-order valence-electron chi connectivity index (χ1n) is 7.81. The minimum Gasteiger partial charge on any atom is -0.367 e. The van der Waals surface area contributed by atoms with E-state index in [1.807, 2.05) is 23.1 Å². The van der Waals surface area contributed by atoms with Gasteiger partial charge in [0.2, 0.25) is 0 Å². The summed E-state index contributed by atoms with van der Waals surface area (Å²) in [5.74, 6) is -0.438. The van der Waals surface area contributed by atoms with Crippen molar-refractivity contribution in [2.24, 2.45) is 0 Å². The fourth-order valence-corrected chi connectivity index (χ4v) is 2.85. The Kier molecular flexibility index (Phi) is 4.67. The predicted octanol–water partition coefficient (Wildman–Crippen LogP) is 2.75. The fourth-order valence-electron chi connectivity index (χ4n) is 2.85. The van der Waals surface area contributed by atoms with E-state index in [-0.39, 0.29) is 11.6 Å². The van der Waals surface area contributed by atoms with Crippen LogP contribution in [0.2, 0.25) is 0 Å². The van der Waals surface area contributed by atoms with Crippen LogP contribution in [0.5, 0.6) is 0 Å². The highest BCUT2D eigenvalue weighted by atomic mass is 19.1. The maximum atomic E-state index is 14.2. The van der Waals surface area contributed by atoms with Crippen molar-refractivity contribution in [3.05, 3.63) is 59.7 Å². The highest BCUT2D eigenvalue weighted by molar-refractivity contribution is 5.94. The normalized spacial score (nSPS) is 15.7. The van der Waals surface area contributed by atoms with Crippen molar-refractivity contribution in [1.29, 1.82) is 0 Å². The van der Waals surface area contributed by atoms with Gasteiger partial charge in [0.25, 0.3) is 0 Å². The molecule has 0 saturated carbocycles. The van der Waals surface area contributed by atoms with Crippen molar-refractivity contribution in [3.8, 4) is 0 Å². The van der Waals surface area contributed by atoms with Gasteiger partial charge in [-0.05, 0) is 37.3 Å². The zero-order valence-electron chi connectivity index (χ0n) is 13.2. The van der Waals surface area contributed by atoms with Crippen LogP contribution in [0.25, 0.3) is 0 Å². The van der Waals surface area contributed by atoms with E-state index in [1.165, 1.54) is 13.0 Å². The minimum atomic E-state index is -0.323. The lowest BCUT2D eigenvalue weighted by Crippen LogP contribution is -2.46.